The lowest BCUT2D eigenvalue weighted by Crippen LogP contribution is -2.54. The zero-order valence-electron chi connectivity index (χ0n) is 25.2. The molecule has 230 valence electrons. The number of rotatable bonds is 13. The Morgan fingerprint density at radius 1 is 0.864 bits per heavy atom. The quantitative estimate of drug-likeness (QED) is 0.203. The number of hydrogen-bond acceptors (Lipinski definition) is 4. The van der Waals surface area contributed by atoms with Crippen LogP contribution in [0.2, 0.25) is 0 Å². The molecule has 0 heterocycles. The van der Waals surface area contributed by atoms with Crippen LogP contribution >= 0.6 is 0 Å². The third kappa shape index (κ3) is 8.11. The van der Waals surface area contributed by atoms with E-state index < -0.39 is 40.2 Å². The van der Waals surface area contributed by atoms with E-state index in [9.17, 15) is 18.0 Å². The van der Waals surface area contributed by atoms with Gasteiger partial charge in [0.05, 0.1) is 10.6 Å². The maximum Gasteiger partial charge on any atom is 0.264 e. The molecule has 9 heteroatoms. The Morgan fingerprint density at radius 2 is 1.50 bits per heavy atom. The summed E-state index contributed by atoms with van der Waals surface area (Å²) >= 11 is 0. The number of nitrogens with zero attached hydrogens (tertiary/aromatic N) is 2. The minimum absolute atomic E-state index is 0.0188. The number of carbonyl (C=O) groups excluding carboxylic acids is 2. The predicted octanol–water partition coefficient (Wildman–Crippen LogP) is 5.88. The molecule has 0 unspecified atom stereocenters. The first kappa shape index (κ1) is 32.4. The van der Waals surface area contributed by atoms with Crippen LogP contribution in [0.1, 0.15) is 37.0 Å². The van der Waals surface area contributed by atoms with Gasteiger partial charge in [0.15, 0.2) is 0 Å². The van der Waals surface area contributed by atoms with Crippen molar-refractivity contribution in [3.05, 3.63) is 132 Å². The topological polar surface area (TPSA) is 86.8 Å². The summed E-state index contributed by atoms with van der Waals surface area (Å²) in [4.78, 5) is 29.6. The number of carbonyl (C=O) groups is 2. The Morgan fingerprint density at radius 3 is 2.14 bits per heavy atom. The van der Waals surface area contributed by atoms with Crippen LogP contribution in [-0.4, -0.2) is 43.8 Å². The maximum absolute atomic E-state index is 15.0. The molecular formula is C35H38FN3O4S. The molecule has 4 rings (SSSR count). The zero-order chi connectivity index (χ0) is 31.7. The number of aryl methyl sites for hydroxylation is 1. The summed E-state index contributed by atoms with van der Waals surface area (Å²) in [5.41, 5.74) is 2.12. The van der Waals surface area contributed by atoms with E-state index in [1.54, 1.807) is 54.6 Å². The molecule has 2 amide bonds. The second-order valence-electron chi connectivity index (χ2n) is 10.8. The van der Waals surface area contributed by atoms with Crippen molar-refractivity contribution in [2.24, 2.45) is 0 Å². The van der Waals surface area contributed by atoms with Crippen LogP contribution in [0.3, 0.4) is 0 Å². The third-order valence-corrected chi connectivity index (χ3v) is 9.26. The normalized spacial score (nSPS) is 12.6. The van der Waals surface area contributed by atoms with E-state index in [4.69, 9.17) is 0 Å². The van der Waals surface area contributed by atoms with Crippen LogP contribution in [0.15, 0.2) is 114 Å². The van der Waals surface area contributed by atoms with Gasteiger partial charge >= 0.3 is 0 Å². The van der Waals surface area contributed by atoms with Crippen LogP contribution in [-0.2, 0) is 32.6 Å². The lowest BCUT2D eigenvalue weighted by Gasteiger charge is -2.34. The number of benzene rings is 4. The van der Waals surface area contributed by atoms with Gasteiger partial charge in [0.25, 0.3) is 10.0 Å². The van der Waals surface area contributed by atoms with Gasteiger partial charge in [0, 0.05) is 24.6 Å². The lowest BCUT2D eigenvalue weighted by atomic mass is 10.0. The summed E-state index contributed by atoms with van der Waals surface area (Å²) in [6.45, 7) is 4.80. The fourth-order valence-electron chi connectivity index (χ4n) is 4.84. The van der Waals surface area contributed by atoms with Gasteiger partial charge in [-0.3, -0.25) is 13.9 Å². The zero-order valence-corrected chi connectivity index (χ0v) is 26.0. The molecule has 0 aromatic heterocycles. The summed E-state index contributed by atoms with van der Waals surface area (Å²) in [6.07, 6.45) is 0.820. The Labute approximate surface area is 259 Å². The average Bonchev–Trinajstić information content (AvgIpc) is 3.03. The number of halogens is 1. The molecule has 4 aromatic carbocycles. The van der Waals surface area contributed by atoms with Gasteiger partial charge in [-0.2, -0.15) is 0 Å². The van der Waals surface area contributed by atoms with Gasteiger partial charge in [-0.15, -0.1) is 0 Å². The Hall–Kier alpha value is -4.50. The van der Waals surface area contributed by atoms with Crippen molar-refractivity contribution in [3.8, 4) is 0 Å². The van der Waals surface area contributed by atoms with E-state index in [1.807, 2.05) is 57.2 Å². The number of amides is 2. The molecule has 0 saturated heterocycles. The van der Waals surface area contributed by atoms with E-state index in [0.717, 1.165) is 15.4 Å². The Bertz CT molecular complexity index is 1670. The molecule has 0 aliphatic rings. The summed E-state index contributed by atoms with van der Waals surface area (Å²) in [6, 6.07) is 28.8. The minimum Gasteiger partial charge on any atom is -0.352 e. The van der Waals surface area contributed by atoms with Crippen LogP contribution < -0.4 is 9.62 Å². The second kappa shape index (κ2) is 14.8. The van der Waals surface area contributed by atoms with Gasteiger partial charge in [-0.1, -0.05) is 85.8 Å². The molecule has 0 radical (unpaired) electrons. The monoisotopic (exact) mass is 615 g/mol. The van der Waals surface area contributed by atoms with Crippen molar-refractivity contribution < 1.29 is 22.4 Å². The molecule has 0 saturated carbocycles. The summed E-state index contributed by atoms with van der Waals surface area (Å²) in [5.74, 6) is -1.58. The lowest BCUT2D eigenvalue weighted by molar-refractivity contribution is -0.140. The fourth-order valence-corrected chi connectivity index (χ4v) is 6.26. The van der Waals surface area contributed by atoms with Gasteiger partial charge in [0.2, 0.25) is 11.8 Å². The van der Waals surface area contributed by atoms with E-state index in [0.29, 0.717) is 12.1 Å². The second-order valence-corrected chi connectivity index (χ2v) is 12.7. The van der Waals surface area contributed by atoms with Crippen LogP contribution in [0, 0.1) is 12.7 Å². The summed E-state index contributed by atoms with van der Waals surface area (Å²) in [7, 11) is -4.20. The average molecular weight is 616 g/mol. The van der Waals surface area contributed by atoms with Crippen LogP contribution in [0.4, 0.5) is 10.1 Å². The fraction of sp³-hybridized carbons (Fsp3) is 0.257. The molecule has 7 nitrogen and oxygen atoms in total. The molecule has 1 N–H and O–H groups in total. The highest BCUT2D eigenvalue weighted by atomic mass is 32.2. The molecule has 0 bridgehead atoms. The first-order valence-corrected chi connectivity index (χ1v) is 16.1. The first-order valence-electron chi connectivity index (χ1n) is 14.6. The van der Waals surface area contributed by atoms with E-state index in [1.165, 1.54) is 23.1 Å². The molecule has 0 aliphatic carbocycles. The standard InChI is InChI=1S/C35H38FN3O4S/c1-4-27(3)37-35(41)33(23-28-15-7-5-8-16-28)38(24-29-17-11-12-21-32(29)36)34(40)25-39(30-18-13-14-26(2)22-30)44(42,43)31-19-9-6-10-20-31/h5-22,27,33H,4,23-25H2,1-3H3,(H,37,41)/t27-,33-/m1/s1. The Balaban J connectivity index is 1.81. The van der Waals surface area contributed by atoms with Crippen molar-refractivity contribution in [2.45, 2.75) is 57.1 Å². The molecule has 2 atom stereocenters. The molecule has 0 spiro atoms. The molecule has 44 heavy (non-hydrogen) atoms. The number of nitrogens with one attached hydrogen (secondary N) is 1. The van der Waals surface area contributed by atoms with E-state index in [2.05, 4.69) is 5.32 Å². The molecule has 4 aromatic rings. The molecular weight excluding hydrogens is 577 g/mol. The summed E-state index contributed by atoms with van der Waals surface area (Å²) in [5, 5.41) is 2.98. The number of anilines is 1. The van der Waals surface area contributed by atoms with Crippen molar-refractivity contribution >= 4 is 27.5 Å². The van der Waals surface area contributed by atoms with Crippen molar-refractivity contribution in [1.29, 1.82) is 0 Å². The number of sulfonamides is 1. The highest BCUT2D eigenvalue weighted by molar-refractivity contribution is 7.92. The molecule has 0 fully saturated rings. The van der Waals surface area contributed by atoms with E-state index >= 15 is 4.39 Å². The highest BCUT2D eigenvalue weighted by Gasteiger charge is 2.35. The van der Waals surface area contributed by atoms with Crippen molar-refractivity contribution in [2.75, 3.05) is 10.8 Å². The maximum atomic E-state index is 15.0. The van der Waals surface area contributed by atoms with E-state index in [-0.39, 0.29) is 29.5 Å². The minimum atomic E-state index is -4.20. The predicted molar refractivity (Wildman–Crippen MR) is 171 cm³/mol. The van der Waals surface area contributed by atoms with Crippen LogP contribution in [0.25, 0.3) is 0 Å². The van der Waals surface area contributed by atoms with Gasteiger partial charge in [-0.25, -0.2) is 12.8 Å². The van der Waals surface area contributed by atoms with Crippen molar-refractivity contribution in [3.63, 3.8) is 0 Å². The smallest absolute Gasteiger partial charge is 0.264 e. The highest BCUT2D eigenvalue weighted by Crippen LogP contribution is 2.26. The largest absolute Gasteiger partial charge is 0.352 e. The number of hydrogen-bond donors (Lipinski definition) is 1. The van der Waals surface area contributed by atoms with Gasteiger partial charge < -0.3 is 10.2 Å². The van der Waals surface area contributed by atoms with Gasteiger partial charge in [0.1, 0.15) is 18.4 Å². The third-order valence-electron chi connectivity index (χ3n) is 7.47. The summed E-state index contributed by atoms with van der Waals surface area (Å²) < 4.78 is 44.1. The Kier molecular flexibility index (Phi) is 10.9. The van der Waals surface area contributed by atoms with Gasteiger partial charge in [-0.05, 0) is 61.7 Å². The molecule has 0 aliphatic heterocycles. The first-order chi connectivity index (χ1) is 21.1. The van der Waals surface area contributed by atoms with Crippen molar-refractivity contribution in [1.82, 2.24) is 10.2 Å². The SMILES string of the molecule is CC[C@@H](C)NC(=O)[C@@H](Cc1ccccc1)N(Cc1ccccc1F)C(=O)CN(c1cccc(C)c1)S(=O)(=O)c1ccccc1. The van der Waals surface area contributed by atoms with Crippen LogP contribution in [0.5, 0.6) is 0 Å².